The van der Waals surface area contributed by atoms with Crippen molar-refractivity contribution in [3.63, 3.8) is 0 Å². The van der Waals surface area contributed by atoms with E-state index in [1.165, 1.54) is 11.1 Å². The SMILES string of the molecule is Cc1ccc(C)c(OC2CCNC2)c1.Cl. The third-order valence-electron chi connectivity index (χ3n) is 2.65. The van der Waals surface area contributed by atoms with Gasteiger partial charge in [0.15, 0.2) is 0 Å². The molecule has 15 heavy (non-hydrogen) atoms. The summed E-state index contributed by atoms with van der Waals surface area (Å²) in [5, 5.41) is 3.30. The van der Waals surface area contributed by atoms with E-state index in [2.05, 4.69) is 37.4 Å². The predicted molar refractivity (Wildman–Crippen MR) is 65.1 cm³/mol. The van der Waals surface area contributed by atoms with Crippen LogP contribution in [0.3, 0.4) is 0 Å². The zero-order valence-electron chi connectivity index (χ0n) is 9.25. The first-order valence-electron chi connectivity index (χ1n) is 5.20. The summed E-state index contributed by atoms with van der Waals surface area (Å²) in [6, 6.07) is 6.36. The molecule has 2 nitrogen and oxygen atoms in total. The number of rotatable bonds is 2. The van der Waals surface area contributed by atoms with Gasteiger partial charge in [-0.1, -0.05) is 12.1 Å². The normalized spacial score (nSPS) is 19.7. The van der Waals surface area contributed by atoms with Gasteiger partial charge >= 0.3 is 0 Å². The molecule has 0 aromatic heterocycles. The minimum absolute atomic E-state index is 0. The second-order valence-corrected chi connectivity index (χ2v) is 4.00. The predicted octanol–water partition coefficient (Wildman–Crippen LogP) is 2.47. The second-order valence-electron chi connectivity index (χ2n) is 4.00. The molecule has 0 spiro atoms. The zero-order chi connectivity index (χ0) is 9.97. The van der Waals surface area contributed by atoms with Crippen LogP contribution in [0.2, 0.25) is 0 Å². The van der Waals surface area contributed by atoms with Crippen LogP contribution in [0.1, 0.15) is 17.5 Å². The Morgan fingerprint density at radius 3 is 2.80 bits per heavy atom. The second kappa shape index (κ2) is 5.38. The van der Waals surface area contributed by atoms with Crippen LogP contribution in [0.15, 0.2) is 18.2 Å². The molecule has 1 aromatic rings. The maximum atomic E-state index is 5.92. The summed E-state index contributed by atoms with van der Waals surface area (Å²) in [5.74, 6) is 1.04. The fourth-order valence-corrected chi connectivity index (χ4v) is 1.74. The molecule has 1 aromatic carbocycles. The van der Waals surface area contributed by atoms with Gasteiger partial charge in [-0.3, -0.25) is 0 Å². The Bertz CT molecular complexity index is 321. The Hall–Kier alpha value is -0.730. The number of aryl methyl sites for hydroxylation is 2. The van der Waals surface area contributed by atoms with Crippen LogP contribution >= 0.6 is 12.4 Å². The average molecular weight is 228 g/mol. The van der Waals surface area contributed by atoms with E-state index in [0.29, 0.717) is 6.10 Å². The lowest BCUT2D eigenvalue weighted by atomic mass is 10.1. The summed E-state index contributed by atoms with van der Waals surface area (Å²) in [7, 11) is 0. The molecule has 1 N–H and O–H groups in total. The van der Waals surface area contributed by atoms with Crippen molar-refractivity contribution in [3.8, 4) is 5.75 Å². The van der Waals surface area contributed by atoms with E-state index >= 15 is 0 Å². The average Bonchev–Trinajstić information content (AvgIpc) is 2.64. The van der Waals surface area contributed by atoms with Gasteiger partial charge < -0.3 is 10.1 Å². The van der Waals surface area contributed by atoms with Crippen LogP contribution < -0.4 is 10.1 Å². The van der Waals surface area contributed by atoms with Gasteiger partial charge in [-0.05, 0) is 44.0 Å². The minimum Gasteiger partial charge on any atom is -0.489 e. The first-order valence-corrected chi connectivity index (χ1v) is 5.20. The molecule has 84 valence electrons. The third-order valence-corrected chi connectivity index (χ3v) is 2.65. The number of benzene rings is 1. The summed E-state index contributed by atoms with van der Waals surface area (Å²) < 4.78 is 5.92. The molecule has 3 heteroatoms. The molecule has 0 radical (unpaired) electrons. The van der Waals surface area contributed by atoms with E-state index in [4.69, 9.17) is 4.74 Å². The van der Waals surface area contributed by atoms with E-state index in [1.54, 1.807) is 0 Å². The van der Waals surface area contributed by atoms with Crippen molar-refractivity contribution in [3.05, 3.63) is 29.3 Å². The highest BCUT2D eigenvalue weighted by Crippen LogP contribution is 2.21. The molecule has 1 saturated heterocycles. The van der Waals surface area contributed by atoms with Crippen LogP contribution in [0.25, 0.3) is 0 Å². The molecular weight excluding hydrogens is 210 g/mol. The Morgan fingerprint density at radius 2 is 2.13 bits per heavy atom. The summed E-state index contributed by atoms with van der Waals surface area (Å²) in [5.41, 5.74) is 2.49. The van der Waals surface area contributed by atoms with Gasteiger partial charge in [0, 0.05) is 6.54 Å². The van der Waals surface area contributed by atoms with Crippen molar-refractivity contribution in [1.82, 2.24) is 5.32 Å². The molecule has 0 amide bonds. The van der Waals surface area contributed by atoms with E-state index in [0.717, 1.165) is 25.3 Å². The van der Waals surface area contributed by atoms with Gasteiger partial charge in [-0.2, -0.15) is 0 Å². The van der Waals surface area contributed by atoms with Gasteiger partial charge in [-0.15, -0.1) is 12.4 Å². The molecule has 0 aliphatic carbocycles. The summed E-state index contributed by atoms with van der Waals surface area (Å²) >= 11 is 0. The Balaban J connectivity index is 0.00000112. The quantitative estimate of drug-likeness (QED) is 0.838. The topological polar surface area (TPSA) is 21.3 Å². The van der Waals surface area contributed by atoms with Gasteiger partial charge in [0.2, 0.25) is 0 Å². The van der Waals surface area contributed by atoms with Crippen LogP contribution in [0.4, 0.5) is 0 Å². The van der Waals surface area contributed by atoms with Crippen molar-refractivity contribution >= 4 is 12.4 Å². The molecule has 1 aliphatic rings. The van der Waals surface area contributed by atoms with Gasteiger partial charge in [0.25, 0.3) is 0 Å². The van der Waals surface area contributed by atoms with Crippen molar-refractivity contribution in [1.29, 1.82) is 0 Å². The Labute approximate surface area is 97.4 Å². The summed E-state index contributed by atoms with van der Waals surface area (Å²) in [4.78, 5) is 0. The standard InChI is InChI=1S/C12H17NO.ClH/c1-9-3-4-10(2)12(7-9)14-11-5-6-13-8-11;/h3-4,7,11,13H,5-6,8H2,1-2H3;1H. The van der Waals surface area contributed by atoms with Crippen LogP contribution in [-0.2, 0) is 0 Å². The van der Waals surface area contributed by atoms with Crippen LogP contribution in [-0.4, -0.2) is 19.2 Å². The van der Waals surface area contributed by atoms with Gasteiger partial charge in [0.05, 0.1) is 0 Å². The lowest BCUT2D eigenvalue weighted by Crippen LogP contribution is -2.19. The van der Waals surface area contributed by atoms with E-state index < -0.39 is 0 Å². The van der Waals surface area contributed by atoms with Crippen LogP contribution in [0, 0.1) is 13.8 Å². The zero-order valence-corrected chi connectivity index (χ0v) is 10.1. The first kappa shape index (κ1) is 12.3. The minimum atomic E-state index is 0. The maximum absolute atomic E-state index is 5.92. The van der Waals surface area contributed by atoms with Gasteiger partial charge in [-0.25, -0.2) is 0 Å². The third kappa shape index (κ3) is 3.11. The monoisotopic (exact) mass is 227 g/mol. The maximum Gasteiger partial charge on any atom is 0.122 e. The van der Waals surface area contributed by atoms with E-state index in [9.17, 15) is 0 Å². The first-order chi connectivity index (χ1) is 6.75. The molecule has 1 heterocycles. The summed E-state index contributed by atoms with van der Waals surface area (Å²) in [6.07, 6.45) is 1.48. The highest BCUT2D eigenvalue weighted by atomic mass is 35.5. The molecule has 1 unspecified atom stereocenters. The number of ether oxygens (including phenoxy) is 1. The highest BCUT2D eigenvalue weighted by Gasteiger charge is 2.16. The largest absolute Gasteiger partial charge is 0.489 e. The lowest BCUT2D eigenvalue weighted by molar-refractivity contribution is 0.221. The molecule has 0 saturated carbocycles. The molecule has 1 fully saturated rings. The number of hydrogen-bond donors (Lipinski definition) is 1. The van der Waals surface area contributed by atoms with Crippen molar-refractivity contribution in [2.75, 3.05) is 13.1 Å². The Morgan fingerprint density at radius 1 is 1.33 bits per heavy atom. The Kier molecular flexibility index (Phi) is 4.43. The van der Waals surface area contributed by atoms with Crippen molar-refractivity contribution < 1.29 is 4.74 Å². The van der Waals surface area contributed by atoms with Crippen molar-refractivity contribution in [2.45, 2.75) is 26.4 Å². The smallest absolute Gasteiger partial charge is 0.122 e. The molecule has 1 atom stereocenters. The number of halogens is 1. The highest BCUT2D eigenvalue weighted by molar-refractivity contribution is 5.85. The van der Waals surface area contributed by atoms with E-state index in [1.807, 2.05) is 0 Å². The van der Waals surface area contributed by atoms with Crippen LogP contribution in [0.5, 0.6) is 5.75 Å². The molecule has 0 bridgehead atoms. The van der Waals surface area contributed by atoms with E-state index in [-0.39, 0.29) is 12.4 Å². The number of hydrogen-bond acceptors (Lipinski definition) is 2. The fraction of sp³-hybridized carbons (Fsp3) is 0.500. The molecule has 1 aliphatic heterocycles. The van der Waals surface area contributed by atoms with Gasteiger partial charge in [0.1, 0.15) is 11.9 Å². The fourth-order valence-electron chi connectivity index (χ4n) is 1.74. The summed E-state index contributed by atoms with van der Waals surface area (Å²) in [6.45, 7) is 6.25. The lowest BCUT2D eigenvalue weighted by Gasteiger charge is -2.14. The molecular formula is C12H18ClNO. The van der Waals surface area contributed by atoms with Crippen molar-refractivity contribution in [2.24, 2.45) is 0 Å². The number of nitrogens with one attached hydrogen (secondary N) is 1. The molecule has 2 rings (SSSR count).